The number of carbonyl (C=O) groups excluding carboxylic acids is 1. The lowest BCUT2D eigenvalue weighted by Crippen LogP contribution is -2.48. The predicted molar refractivity (Wildman–Crippen MR) is 100 cm³/mol. The molecular weight excluding hydrogens is 331 g/mol. The molecule has 1 N–H and O–H groups in total. The van der Waals surface area contributed by atoms with Crippen LogP contribution in [-0.2, 0) is 11.3 Å². The molecule has 6 heteroatoms. The maximum Gasteiger partial charge on any atom is 0.254 e. The lowest BCUT2D eigenvalue weighted by Gasteiger charge is -2.34. The van der Waals surface area contributed by atoms with Gasteiger partial charge in [0.25, 0.3) is 5.91 Å². The molecule has 0 unspecified atom stereocenters. The largest absolute Gasteiger partial charge is 0.297 e. The third-order valence-electron chi connectivity index (χ3n) is 4.33. The molecule has 0 radical (unpaired) electrons. The average Bonchev–Trinajstić information content (AvgIpc) is 2.64. The zero-order valence-electron chi connectivity index (χ0n) is 14.6. The molecule has 1 amide bonds. The highest BCUT2D eigenvalue weighted by molar-refractivity contribution is 5.83. The Morgan fingerprint density at radius 2 is 1.77 bits per heavy atom. The summed E-state index contributed by atoms with van der Waals surface area (Å²) in [6, 6.07) is 16.5. The number of hydrazone groups is 1. The van der Waals surface area contributed by atoms with Gasteiger partial charge in [0.1, 0.15) is 5.82 Å². The van der Waals surface area contributed by atoms with Crippen LogP contribution in [0.1, 0.15) is 11.1 Å². The lowest BCUT2D eigenvalue weighted by atomic mass is 10.2. The molecule has 3 rings (SSSR count). The van der Waals surface area contributed by atoms with Gasteiger partial charge in [-0.3, -0.25) is 14.6 Å². The number of benzene rings is 2. The molecule has 1 heterocycles. The van der Waals surface area contributed by atoms with Crippen molar-refractivity contribution in [1.29, 1.82) is 0 Å². The van der Waals surface area contributed by atoms with E-state index in [2.05, 4.69) is 44.6 Å². The maximum absolute atomic E-state index is 13.1. The van der Waals surface area contributed by atoms with Crippen molar-refractivity contribution in [3.63, 3.8) is 0 Å². The molecule has 26 heavy (non-hydrogen) atoms. The molecular formula is C20H23FN4O. The predicted octanol–water partition coefficient (Wildman–Crippen LogP) is 2.09. The van der Waals surface area contributed by atoms with E-state index in [1.807, 2.05) is 6.07 Å². The molecule has 0 spiro atoms. The summed E-state index contributed by atoms with van der Waals surface area (Å²) in [6.07, 6.45) is 1.44. The third kappa shape index (κ3) is 5.75. The van der Waals surface area contributed by atoms with Gasteiger partial charge in [-0.2, -0.15) is 5.10 Å². The average molecular weight is 354 g/mol. The van der Waals surface area contributed by atoms with Crippen molar-refractivity contribution in [2.75, 3.05) is 32.7 Å². The molecule has 1 saturated heterocycles. The van der Waals surface area contributed by atoms with Crippen LogP contribution >= 0.6 is 0 Å². The van der Waals surface area contributed by atoms with Crippen LogP contribution in [0, 0.1) is 5.82 Å². The second kappa shape index (κ2) is 9.22. The number of piperazine rings is 1. The Balaban J connectivity index is 1.38. The molecule has 0 aliphatic carbocycles. The van der Waals surface area contributed by atoms with Gasteiger partial charge in [0.2, 0.25) is 0 Å². The van der Waals surface area contributed by atoms with E-state index in [1.54, 1.807) is 12.1 Å². The van der Waals surface area contributed by atoms with Crippen LogP contribution in [0.4, 0.5) is 4.39 Å². The summed E-state index contributed by atoms with van der Waals surface area (Å²) in [7, 11) is 0. The summed E-state index contributed by atoms with van der Waals surface area (Å²) in [4.78, 5) is 16.5. The van der Waals surface area contributed by atoms with E-state index in [9.17, 15) is 9.18 Å². The van der Waals surface area contributed by atoms with Gasteiger partial charge < -0.3 is 0 Å². The van der Waals surface area contributed by atoms with E-state index in [1.165, 1.54) is 23.9 Å². The highest BCUT2D eigenvalue weighted by atomic mass is 19.1. The highest BCUT2D eigenvalue weighted by Crippen LogP contribution is 2.08. The van der Waals surface area contributed by atoms with Gasteiger partial charge in [-0.25, -0.2) is 9.82 Å². The molecule has 1 aliphatic rings. The van der Waals surface area contributed by atoms with Gasteiger partial charge in [-0.05, 0) is 23.3 Å². The number of carbonyl (C=O) groups is 1. The minimum Gasteiger partial charge on any atom is -0.297 e. The van der Waals surface area contributed by atoms with Crippen LogP contribution in [0.5, 0.6) is 0 Å². The Kier molecular flexibility index (Phi) is 6.46. The Labute approximate surface area is 153 Å². The van der Waals surface area contributed by atoms with Crippen LogP contribution in [0.3, 0.4) is 0 Å². The minimum atomic E-state index is -0.325. The Morgan fingerprint density at radius 3 is 2.50 bits per heavy atom. The fourth-order valence-corrected chi connectivity index (χ4v) is 2.95. The van der Waals surface area contributed by atoms with E-state index < -0.39 is 0 Å². The summed E-state index contributed by atoms with van der Waals surface area (Å²) < 4.78 is 13.1. The van der Waals surface area contributed by atoms with Gasteiger partial charge in [-0.1, -0.05) is 42.5 Å². The number of rotatable bonds is 6. The molecule has 5 nitrogen and oxygen atoms in total. The number of nitrogens with one attached hydrogen (secondary N) is 1. The standard InChI is InChI=1S/C20H23FN4O/c21-19-8-4-7-18(13-19)14-22-23-20(26)16-25-11-9-24(10-12-25)15-17-5-2-1-3-6-17/h1-8,13-14H,9-12,15-16H2,(H,23,26)/b22-14+. The highest BCUT2D eigenvalue weighted by Gasteiger charge is 2.18. The SMILES string of the molecule is O=C(CN1CCN(Cc2ccccc2)CC1)N/N=C/c1cccc(F)c1. The van der Waals surface area contributed by atoms with Crippen LogP contribution < -0.4 is 5.43 Å². The number of amides is 1. The van der Waals surface area contributed by atoms with Gasteiger partial charge in [0.05, 0.1) is 12.8 Å². The van der Waals surface area contributed by atoms with Gasteiger partial charge in [0, 0.05) is 32.7 Å². The zero-order chi connectivity index (χ0) is 18.2. The monoisotopic (exact) mass is 354 g/mol. The first-order valence-electron chi connectivity index (χ1n) is 8.75. The molecule has 0 atom stereocenters. The third-order valence-corrected chi connectivity index (χ3v) is 4.33. The molecule has 0 saturated carbocycles. The quantitative estimate of drug-likeness (QED) is 0.638. The smallest absolute Gasteiger partial charge is 0.254 e. The van der Waals surface area contributed by atoms with Crippen LogP contribution in [0.2, 0.25) is 0 Å². The first kappa shape index (κ1) is 18.2. The Hall–Kier alpha value is -2.57. The second-order valence-corrected chi connectivity index (χ2v) is 6.39. The molecule has 0 bridgehead atoms. The Morgan fingerprint density at radius 1 is 1.04 bits per heavy atom. The van der Waals surface area contributed by atoms with Crippen molar-refractivity contribution < 1.29 is 9.18 Å². The fourth-order valence-electron chi connectivity index (χ4n) is 2.95. The van der Waals surface area contributed by atoms with Gasteiger partial charge in [0.15, 0.2) is 0 Å². The van der Waals surface area contributed by atoms with E-state index >= 15 is 0 Å². The van der Waals surface area contributed by atoms with Gasteiger partial charge in [-0.15, -0.1) is 0 Å². The summed E-state index contributed by atoms with van der Waals surface area (Å²) >= 11 is 0. The fraction of sp³-hybridized carbons (Fsp3) is 0.300. The number of hydrogen-bond donors (Lipinski definition) is 1. The Bertz CT molecular complexity index is 742. The van der Waals surface area contributed by atoms with Crippen molar-refractivity contribution in [3.05, 3.63) is 71.5 Å². The van der Waals surface area contributed by atoms with Crippen molar-refractivity contribution in [3.8, 4) is 0 Å². The van der Waals surface area contributed by atoms with Crippen molar-refractivity contribution in [2.45, 2.75) is 6.54 Å². The van der Waals surface area contributed by atoms with Crippen LogP contribution in [0.15, 0.2) is 59.7 Å². The minimum absolute atomic E-state index is 0.158. The second-order valence-electron chi connectivity index (χ2n) is 6.39. The first-order chi connectivity index (χ1) is 12.7. The summed E-state index contributed by atoms with van der Waals surface area (Å²) in [5.41, 5.74) is 4.42. The van der Waals surface area contributed by atoms with Crippen LogP contribution in [0.25, 0.3) is 0 Å². The molecule has 2 aromatic carbocycles. The molecule has 2 aromatic rings. The molecule has 136 valence electrons. The number of halogens is 1. The number of hydrogen-bond acceptors (Lipinski definition) is 4. The topological polar surface area (TPSA) is 47.9 Å². The summed E-state index contributed by atoms with van der Waals surface area (Å²) in [5.74, 6) is -0.484. The van der Waals surface area contributed by atoms with E-state index in [4.69, 9.17) is 0 Å². The summed E-state index contributed by atoms with van der Waals surface area (Å²) in [6.45, 7) is 4.85. The maximum atomic E-state index is 13.1. The molecule has 1 aliphatic heterocycles. The number of nitrogens with zero attached hydrogens (tertiary/aromatic N) is 3. The first-order valence-corrected chi connectivity index (χ1v) is 8.75. The van der Waals surface area contributed by atoms with Crippen molar-refractivity contribution in [2.24, 2.45) is 5.10 Å². The van der Waals surface area contributed by atoms with Crippen LogP contribution in [-0.4, -0.2) is 54.6 Å². The summed E-state index contributed by atoms with van der Waals surface area (Å²) in [5, 5.41) is 3.89. The van der Waals surface area contributed by atoms with Gasteiger partial charge >= 0.3 is 0 Å². The van der Waals surface area contributed by atoms with Crippen molar-refractivity contribution >= 4 is 12.1 Å². The normalized spacial score (nSPS) is 16.0. The van der Waals surface area contributed by atoms with E-state index in [0.29, 0.717) is 12.1 Å². The van der Waals surface area contributed by atoms with E-state index in [0.717, 1.165) is 32.7 Å². The molecule has 1 fully saturated rings. The zero-order valence-corrected chi connectivity index (χ0v) is 14.6. The molecule has 0 aromatic heterocycles. The van der Waals surface area contributed by atoms with Crippen molar-refractivity contribution in [1.82, 2.24) is 15.2 Å². The van der Waals surface area contributed by atoms with E-state index in [-0.39, 0.29) is 11.7 Å². The lowest BCUT2D eigenvalue weighted by molar-refractivity contribution is -0.122.